The summed E-state index contributed by atoms with van der Waals surface area (Å²) in [6.45, 7) is 3.26. The smallest absolute Gasteiger partial charge is 0.303 e. The highest BCUT2D eigenvalue weighted by Crippen LogP contribution is 2.23. The van der Waals surface area contributed by atoms with E-state index in [1.54, 1.807) is 0 Å². The van der Waals surface area contributed by atoms with Crippen LogP contribution < -0.4 is 0 Å². The van der Waals surface area contributed by atoms with E-state index in [4.69, 9.17) is 16.7 Å². The molecule has 0 radical (unpaired) electrons. The second-order valence-electron chi connectivity index (χ2n) is 5.54. The molecular formula is C16H22ClNO2S. The van der Waals surface area contributed by atoms with Crippen LogP contribution in [0.4, 0.5) is 0 Å². The highest BCUT2D eigenvalue weighted by Gasteiger charge is 2.20. The first-order chi connectivity index (χ1) is 10.1. The molecule has 0 spiro atoms. The zero-order chi connectivity index (χ0) is 15.1. The van der Waals surface area contributed by atoms with Crippen molar-refractivity contribution in [1.29, 1.82) is 0 Å². The molecule has 1 heterocycles. The lowest BCUT2D eigenvalue weighted by Crippen LogP contribution is -2.37. The number of likely N-dealkylation sites (tertiary alicyclic amines) is 1. The van der Waals surface area contributed by atoms with Crippen molar-refractivity contribution < 1.29 is 9.90 Å². The van der Waals surface area contributed by atoms with Crippen LogP contribution in [0.1, 0.15) is 25.7 Å². The van der Waals surface area contributed by atoms with Crippen molar-refractivity contribution in [3.8, 4) is 0 Å². The van der Waals surface area contributed by atoms with E-state index in [0.29, 0.717) is 12.3 Å². The van der Waals surface area contributed by atoms with Crippen LogP contribution in [0.3, 0.4) is 0 Å². The van der Waals surface area contributed by atoms with Crippen LogP contribution in [-0.2, 0) is 4.79 Å². The molecule has 2 rings (SSSR count). The number of halogens is 1. The zero-order valence-corrected chi connectivity index (χ0v) is 13.7. The number of hydrogen-bond acceptors (Lipinski definition) is 3. The van der Waals surface area contributed by atoms with Crippen LogP contribution in [0.25, 0.3) is 0 Å². The number of carboxylic acids is 1. The van der Waals surface area contributed by atoms with Crippen LogP contribution in [0.5, 0.6) is 0 Å². The van der Waals surface area contributed by atoms with Gasteiger partial charge in [0.15, 0.2) is 0 Å². The molecule has 0 aromatic heterocycles. The van der Waals surface area contributed by atoms with Crippen LogP contribution in [0.15, 0.2) is 29.2 Å². The highest BCUT2D eigenvalue weighted by molar-refractivity contribution is 7.99. The van der Waals surface area contributed by atoms with Gasteiger partial charge in [0.25, 0.3) is 0 Å². The lowest BCUT2D eigenvalue weighted by Gasteiger charge is -2.32. The molecular weight excluding hydrogens is 306 g/mol. The molecule has 21 heavy (non-hydrogen) atoms. The molecule has 1 aliphatic rings. The summed E-state index contributed by atoms with van der Waals surface area (Å²) in [5.41, 5.74) is 0. The maximum absolute atomic E-state index is 10.6. The van der Waals surface area contributed by atoms with Crippen molar-refractivity contribution in [2.24, 2.45) is 5.92 Å². The van der Waals surface area contributed by atoms with E-state index in [0.717, 1.165) is 36.8 Å². The Morgan fingerprint density at radius 3 is 2.86 bits per heavy atom. The van der Waals surface area contributed by atoms with E-state index >= 15 is 0 Å². The molecule has 5 heteroatoms. The number of aliphatic carboxylic acids is 1. The Bertz CT molecular complexity index is 452. The lowest BCUT2D eigenvalue weighted by atomic mass is 9.93. The predicted molar refractivity (Wildman–Crippen MR) is 88.2 cm³/mol. The molecule has 116 valence electrons. The van der Waals surface area contributed by atoms with Gasteiger partial charge in [0.05, 0.1) is 0 Å². The molecule has 1 N–H and O–H groups in total. The second-order valence-corrected chi connectivity index (χ2v) is 7.15. The average Bonchev–Trinajstić information content (AvgIpc) is 2.48. The standard InChI is InChI=1S/C16H22ClNO2S/c17-14-4-6-15(7-5-14)21-11-10-18-9-1-2-13(12-18)3-8-16(19)20/h4-7,13H,1-3,8-12H2,(H,19,20). The van der Waals surface area contributed by atoms with Crippen molar-refractivity contribution in [2.75, 3.05) is 25.4 Å². The van der Waals surface area contributed by atoms with Crippen molar-refractivity contribution in [2.45, 2.75) is 30.6 Å². The van der Waals surface area contributed by atoms with Gasteiger partial charge in [-0.25, -0.2) is 0 Å². The van der Waals surface area contributed by atoms with Crippen LogP contribution >= 0.6 is 23.4 Å². The van der Waals surface area contributed by atoms with Gasteiger partial charge in [-0.2, -0.15) is 0 Å². The molecule has 3 nitrogen and oxygen atoms in total. The van der Waals surface area contributed by atoms with E-state index < -0.39 is 5.97 Å². The fourth-order valence-electron chi connectivity index (χ4n) is 2.74. The lowest BCUT2D eigenvalue weighted by molar-refractivity contribution is -0.137. The first-order valence-corrected chi connectivity index (χ1v) is 8.82. The van der Waals surface area contributed by atoms with Crippen molar-refractivity contribution in [1.82, 2.24) is 4.90 Å². The molecule has 0 aliphatic carbocycles. The van der Waals surface area contributed by atoms with Crippen molar-refractivity contribution >= 4 is 29.3 Å². The Hall–Kier alpha value is -0.710. The SMILES string of the molecule is O=C(O)CCC1CCCN(CCSc2ccc(Cl)cc2)C1. The van der Waals surface area contributed by atoms with E-state index in [1.807, 2.05) is 23.9 Å². The number of carbonyl (C=O) groups is 1. The number of carboxylic acid groups (broad SMARTS) is 1. The minimum absolute atomic E-state index is 0.304. The largest absolute Gasteiger partial charge is 0.481 e. The Balaban J connectivity index is 1.68. The molecule has 0 saturated carbocycles. The summed E-state index contributed by atoms with van der Waals surface area (Å²) in [5, 5.41) is 9.55. The van der Waals surface area contributed by atoms with Gasteiger partial charge in [-0.1, -0.05) is 11.6 Å². The Kier molecular flexibility index (Phi) is 6.87. The zero-order valence-electron chi connectivity index (χ0n) is 12.1. The molecule has 0 amide bonds. The van der Waals surface area contributed by atoms with Gasteiger partial charge in [-0.3, -0.25) is 4.79 Å². The Labute approximate surface area is 135 Å². The van der Waals surface area contributed by atoms with E-state index in [9.17, 15) is 4.79 Å². The predicted octanol–water partition coefficient (Wildman–Crippen LogP) is 4.01. The Morgan fingerprint density at radius 2 is 2.14 bits per heavy atom. The highest BCUT2D eigenvalue weighted by atomic mass is 35.5. The molecule has 1 atom stereocenters. The van der Waals surface area contributed by atoms with Gasteiger partial charge < -0.3 is 10.0 Å². The fourth-order valence-corrected chi connectivity index (χ4v) is 3.78. The number of rotatable bonds is 7. The maximum atomic E-state index is 10.6. The van der Waals surface area contributed by atoms with Gasteiger partial charge in [-0.05, 0) is 56.0 Å². The average molecular weight is 328 g/mol. The molecule has 1 unspecified atom stereocenters. The van der Waals surface area contributed by atoms with Gasteiger partial charge in [0, 0.05) is 35.2 Å². The summed E-state index contributed by atoms with van der Waals surface area (Å²) in [6.07, 6.45) is 3.48. The summed E-state index contributed by atoms with van der Waals surface area (Å²) < 4.78 is 0. The third-order valence-electron chi connectivity index (χ3n) is 3.86. The van der Waals surface area contributed by atoms with Gasteiger partial charge in [-0.15, -0.1) is 11.8 Å². The number of thioether (sulfide) groups is 1. The van der Waals surface area contributed by atoms with E-state index in [2.05, 4.69) is 17.0 Å². The topological polar surface area (TPSA) is 40.5 Å². The maximum Gasteiger partial charge on any atom is 0.303 e. The summed E-state index contributed by atoms with van der Waals surface area (Å²) in [4.78, 5) is 14.4. The number of hydrogen-bond donors (Lipinski definition) is 1. The molecule has 1 aliphatic heterocycles. The number of nitrogens with zero attached hydrogens (tertiary/aromatic N) is 1. The van der Waals surface area contributed by atoms with Gasteiger partial charge in [0.2, 0.25) is 0 Å². The third kappa shape index (κ3) is 6.29. The first kappa shape index (κ1) is 16.7. The first-order valence-electron chi connectivity index (χ1n) is 7.46. The van der Waals surface area contributed by atoms with E-state index in [-0.39, 0.29) is 0 Å². The Morgan fingerprint density at radius 1 is 1.38 bits per heavy atom. The van der Waals surface area contributed by atoms with Crippen molar-refractivity contribution in [3.05, 3.63) is 29.3 Å². The molecule has 1 fully saturated rings. The summed E-state index contributed by atoms with van der Waals surface area (Å²) >= 11 is 7.72. The normalized spacial score (nSPS) is 19.6. The van der Waals surface area contributed by atoms with Crippen LogP contribution in [0, 0.1) is 5.92 Å². The molecule has 1 aromatic carbocycles. The minimum atomic E-state index is -0.676. The molecule has 0 bridgehead atoms. The van der Waals surface area contributed by atoms with Crippen LogP contribution in [0.2, 0.25) is 5.02 Å². The van der Waals surface area contributed by atoms with E-state index in [1.165, 1.54) is 17.7 Å². The van der Waals surface area contributed by atoms with Crippen LogP contribution in [-0.4, -0.2) is 41.4 Å². The molecule has 1 aromatic rings. The number of benzene rings is 1. The van der Waals surface area contributed by atoms with Gasteiger partial charge >= 0.3 is 5.97 Å². The minimum Gasteiger partial charge on any atom is -0.481 e. The quantitative estimate of drug-likeness (QED) is 0.768. The second kappa shape index (κ2) is 8.66. The number of piperidine rings is 1. The monoisotopic (exact) mass is 327 g/mol. The summed E-state index contributed by atoms with van der Waals surface area (Å²) in [6, 6.07) is 7.96. The van der Waals surface area contributed by atoms with Gasteiger partial charge in [0.1, 0.15) is 0 Å². The van der Waals surface area contributed by atoms with Crippen molar-refractivity contribution in [3.63, 3.8) is 0 Å². The summed E-state index contributed by atoms with van der Waals surface area (Å²) in [5.74, 6) is 0.939. The molecule has 1 saturated heterocycles. The fraction of sp³-hybridized carbons (Fsp3) is 0.562. The third-order valence-corrected chi connectivity index (χ3v) is 5.10. The summed E-state index contributed by atoms with van der Waals surface area (Å²) in [7, 11) is 0.